The Balaban J connectivity index is 4.35. The topological polar surface area (TPSA) is 110 Å². The molecule has 1 atom stereocenters. The molecule has 88 valence electrons. The van der Waals surface area contributed by atoms with E-state index in [1.54, 1.807) is 6.92 Å². The van der Waals surface area contributed by atoms with Crippen LogP contribution in [0, 0.1) is 0 Å². The van der Waals surface area contributed by atoms with Crippen molar-refractivity contribution in [3.8, 4) is 0 Å². The van der Waals surface area contributed by atoms with Crippen LogP contribution in [0.4, 0.5) is 0 Å². The first-order valence-electron chi connectivity index (χ1n) is 4.40. The van der Waals surface area contributed by atoms with Crippen LogP contribution in [0.3, 0.4) is 0 Å². The molecule has 4 N–H and O–H groups in total. The Bertz CT molecular complexity index is 295. The Morgan fingerprint density at radius 3 is 2.53 bits per heavy atom. The first-order valence-corrected chi connectivity index (χ1v) is 6.20. The summed E-state index contributed by atoms with van der Waals surface area (Å²) in [4.78, 5) is 28.4. The summed E-state index contributed by atoms with van der Waals surface area (Å²) in [6, 6.07) is -0.975. The minimum Gasteiger partial charge on any atom is -0.465 e. The standard InChI is InChI=1S/C8H16NO5P/c1-3-14-8(10)7(9)4-6(2)5-15(11,12)13/h4,7H,3,5,9H2,1-2H3,(H2,11,12,13)/b6-4+/t7-/m0/s1. The molecule has 0 aliphatic heterocycles. The molecular formula is C8H16NO5P. The van der Waals surface area contributed by atoms with Crippen LogP contribution in [0.25, 0.3) is 0 Å². The van der Waals surface area contributed by atoms with Gasteiger partial charge in [-0.1, -0.05) is 11.6 Å². The SMILES string of the molecule is CCOC(=O)[C@@H](N)/C=C(\C)CP(=O)(O)O. The second-order valence-corrected chi connectivity index (χ2v) is 4.76. The summed E-state index contributed by atoms with van der Waals surface area (Å²) >= 11 is 0. The predicted octanol–water partition coefficient (Wildman–Crippen LogP) is 0.000800. The van der Waals surface area contributed by atoms with Crippen LogP contribution >= 0.6 is 7.60 Å². The summed E-state index contributed by atoms with van der Waals surface area (Å²) in [5, 5.41) is 0. The zero-order chi connectivity index (χ0) is 12.1. The molecule has 0 amide bonds. The summed E-state index contributed by atoms with van der Waals surface area (Å²) in [6.45, 7) is 3.37. The summed E-state index contributed by atoms with van der Waals surface area (Å²) in [7, 11) is -4.10. The van der Waals surface area contributed by atoms with Crippen LogP contribution in [0.1, 0.15) is 13.8 Å². The first-order chi connectivity index (χ1) is 6.76. The highest BCUT2D eigenvalue weighted by molar-refractivity contribution is 7.52. The molecule has 0 aliphatic carbocycles. The molecule has 7 heteroatoms. The molecule has 0 radical (unpaired) electrons. The normalized spacial score (nSPS) is 14.9. The monoisotopic (exact) mass is 237 g/mol. The number of hydrogen-bond acceptors (Lipinski definition) is 4. The van der Waals surface area contributed by atoms with Gasteiger partial charge < -0.3 is 20.3 Å². The van der Waals surface area contributed by atoms with Crippen LogP contribution in [-0.4, -0.2) is 34.6 Å². The van der Waals surface area contributed by atoms with Crippen LogP contribution in [0.2, 0.25) is 0 Å². The molecule has 0 saturated carbocycles. The average molecular weight is 237 g/mol. The molecule has 0 unspecified atom stereocenters. The van der Waals surface area contributed by atoms with Gasteiger partial charge >= 0.3 is 13.6 Å². The van der Waals surface area contributed by atoms with E-state index in [4.69, 9.17) is 15.5 Å². The maximum atomic E-state index is 11.1. The second kappa shape index (κ2) is 6.02. The summed E-state index contributed by atoms with van der Waals surface area (Å²) < 4.78 is 15.2. The van der Waals surface area contributed by atoms with Gasteiger partial charge in [-0.2, -0.15) is 0 Å². The van der Waals surface area contributed by atoms with Crippen LogP contribution in [0.15, 0.2) is 11.6 Å². The van der Waals surface area contributed by atoms with Gasteiger partial charge in [0.1, 0.15) is 6.04 Å². The summed E-state index contributed by atoms with van der Waals surface area (Å²) in [5.41, 5.74) is 5.78. The van der Waals surface area contributed by atoms with E-state index >= 15 is 0 Å². The van der Waals surface area contributed by atoms with E-state index in [1.165, 1.54) is 13.0 Å². The lowest BCUT2D eigenvalue weighted by Gasteiger charge is -2.08. The van der Waals surface area contributed by atoms with Crippen molar-refractivity contribution >= 4 is 13.6 Å². The number of esters is 1. The van der Waals surface area contributed by atoms with E-state index in [0.29, 0.717) is 5.57 Å². The van der Waals surface area contributed by atoms with Crippen molar-refractivity contribution < 1.29 is 23.9 Å². The number of nitrogens with two attached hydrogens (primary N) is 1. The molecule has 0 saturated heterocycles. The molecular weight excluding hydrogens is 221 g/mol. The number of carbonyl (C=O) groups excluding carboxylic acids is 1. The largest absolute Gasteiger partial charge is 0.465 e. The lowest BCUT2D eigenvalue weighted by atomic mass is 10.2. The van der Waals surface area contributed by atoms with Gasteiger partial charge in [-0.05, 0) is 13.8 Å². The van der Waals surface area contributed by atoms with E-state index in [1.807, 2.05) is 0 Å². The van der Waals surface area contributed by atoms with Gasteiger partial charge in [-0.3, -0.25) is 9.36 Å². The smallest absolute Gasteiger partial charge is 0.329 e. The fraction of sp³-hybridized carbons (Fsp3) is 0.625. The fourth-order valence-corrected chi connectivity index (χ4v) is 1.75. The highest BCUT2D eigenvalue weighted by atomic mass is 31.2. The highest BCUT2D eigenvalue weighted by Crippen LogP contribution is 2.36. The van der Waals surface area contributed by atoms with Gasteiger partial charge in [0.25, 0.3) is 0 Å². The number of hydrogen-bond donors (Lipinski definition) is 3. The molecule has 0 aromatic carbocycles. The van der Waals surface area contributed by atoms with Gasteiger partial charge in [-0.25, -0.2) is 0 Å². The van der Waals surface area contributed by atoms with Crippen molar-refractivity contribution in [3.63, 3.8) is 0 Å². The van der Waals surface area contributed by atoms with Gasteiger partial charge in [0, 0.05) is 0 Å². The zero-order valence-electron chi connectivity index (χ0n) is 8.71. The number of ether oxygens (including phenoxy) is 1. The molecule has 0 aromatic rings. The zero-order valence-corrected chi connectivity index (χ0v) is 9.61. The van der Waals surface area contributed by atoms with Crippen LogP contribution < -0.4 is 5.73 Å². The maximum Gasteiger partial charge on any atom is 0.329 e. The molecule has 0 fully saturated rings. The van der Waals surface area contributed by atoms with E-state index < -0.39 is 25.8 Å². The molecule has 15 heavy (non-hydrogen) atoms. The molecule has 0 spiro atoms. The maximum absolute atomic E-state index is 11.1. The first kappa shape index (κ1) is 14.3. The second-order valence-electron chi connectivity index (χ2n) is 3.11. The number of carbonyl (C=O) groups is 1. The minimum absolute atomic E-state index is 0.220. The molecule has 0 aliphatic rings. The van der Waals surface area contributed by atoms with Gasteiger partial charge in [0.2, 0.25) is 0 Å². The molecule has 0 heterocycles. The van der Waals surface area contributed by atoms with Crippen molar-refractivity contribution in [2.75, 3.05) is 12.8 Å². The number of allylic oxidation sites excluding steroid dienone is 1. The van der Waals surface area contributed by atoms with Gasteiger partial charge in [0.05, 0.1) is 12.8 Å². The third-order valence-corrected chi connectivity index (χ3v) is 2.39. The molecule has 0 bridgehead atoms. The Labute approximate surface area is 88.3 Å². The third-order valence-electron chi connectivity index (χ3n) is 1.48. The number of rotatable bonds is 5. The van der Waals surface area contributed by atoms with E-state index in [9.17, 15) is 9.36 Å². The van der Waals surface area contributed by atoms with E-state index in [0.717, 1.165) is 0 Å². The Kier molecular flexibility index (Phi) is 5.75. The van der Waals surface area contributed by atoms with Gasteiger partial charge in [-0.15, -0.1) is 0 Å². The van der Waals surface area contributed by atoms with E-state index in [2.05, 4.69) is 4.74 Å². The Morgan fingerprint density at radius 2 is 2.13 bits per heavy atom. The van der Waals surface area contributed by atoms with Crippen molar-refractivity contribution in [2.24, 2.45) is 5.73 Å². The lowest BCUT2D eigenvalue weighted by molar-refractivity contribution is -0.143. The van der Waals surface area contributed by atoms with Crippen LogP contribution in [-0.2, 0) is 14.1 Å². The van der Waals surface area contributed by atoms with Crippen molar-refractivity contribution in [1.82, 2.24) is 0 Å². The lowest BCUT2D eigenvalue weighted by Crippen LogP contribution is -2.30. The minimum atomic E-state index is -4.10. The predicted molar refractivity (Wildman–Crippen MR) is 55.3 cm³/mol. The summed E-state index contributed by atoms with van der Waals surface area (Å²) in [5.74, 6) is -0.609. The van der Waals surface area contributed by atoms with Crippen molar-refractivity contribution in [2.45, 2.75) is 19.9 Å². The fourth-order valence-electron chi connectivity index (χ4n) is 0.991. The van der Waals surface area contributed by atoms with Gasteiger partial charge in [0.15, 0.2) is 0 Å². The molecule has 6 nitrogen and oxygen atoms in total. The quantitative estimate of drug-likeness (QED) is 0.352. The highest BCUT2D eigenvalue weighted by Gasteiger charge is 2.16. The summed E-state index contributed by atoms with van der Waals surface area (Å²) in [6.07, 6.45) is 0.886. The van der Waals surface area contributed by atoms with Crippen molar-refractivity contribution in [1.29, 1.82) is 0 Å². The molecule has 0 rings (SSSR count). The Hall–Kier alpha value is -0.680. The van der Waals surface area contributed by atoms with E-state index in [-0.39, 0.29) is 6.61 Å². The third kappa shape index (κ3) is 7.27. The van der Waals surface area contributed by atoms with Crippen molar-refractivity contribution in [3.05, 3.63) is 11.6 Å². The Morgan fingerprint density at radius 1 is 1.60 bits per heavy atom. The van der Waals surface area contributed by atoms with Crippen LogP contribution in [0.5, 0.6) is 0 Å². The molecule has 0 aromatic heterocycles. The average Bonchev–Trinajstić information content (AvgIpc) is 2.00.